The number of fused-ring (bicyclic) bond motifs is 1. The number of halogens is 1. The lowest BCUT2D eigenvalue weighted by molar-refractivity contribution is -0.127. The van der Waals surface area contributed by atoms with Gasteiger partial charge >= 0.3 is 0 Å². The Bertz CT molecular complexity index is 1230. The van der Waals surface area contributed by atoms with Gasteiger partial charge in [0.1, 0.15) is 17.7 Å². The van der Waals surface area contributed by atoms with Gasteiger partial charge in [-0.25, -0.2) is 5.01 Å². The molecule has 0 saturated heterocycles. The summed E-state index contributed by atoms with van der Waals surface area (Å²) in [4.78, 5) is 26.2. The summed E-state index contributed by atoms with van der Waals surface area (Å²) in [6.07, 6.45) is -0.735. The van der Waals surface area contributed by atoms with Crippen LogP contribution in [0.15, 0.2) is 60.7 Å². The van der Waals surface area contributed by atoms with Gasteiger partial charge in [0.2, 0.25) is 0 Å². The Morgan fingerprint density at radius 2 is 1.66 bits per heavy atom. The quantitative estimate of drug-likeness (QED) is 0.484. The highest BCUT2D eigenvalue weighted by Gasteiger charge is 2.35. The first-order chi connectivity index (χ1) is 16.9. The summed E-state index contributed by atoms with van der Waals surface area (Å²) in [6.45, 7) is -0.308. The van der Waals surface area contributed by atoms with Gasteiger partial charge in [-0.3, -0.25) is 15.0 Å². The third kappa shape index (κ3) is 5.20. The second-order valence-corrected chi connectivity index (χ2v) is 7.96. The maximum atomic E-state index is 13.4. The molecule has 2 N–H and O–H groups in total. The molecule has 10 heteroatoms. The van der Waals surface area contributed by atoms with E-state index in [0.717, 1.165) is 0 Å². The van der Waals surface area contributed by atoms with Crippen LogP contribution in [0.3, 0.4) is 0 Å². The van der Waals surface area contributed by atoms with Crippen LogP contribution in [0.2, 0.25) is 5.02 Å². The second kappa shape index (κ2) is 10.4. The minimum absolute atomic E-state index is 0.308. The number of anilines is 1. The minimum Gasteiger partial charge on any atom is -0.497 e. The third-order valence-electron chi connectivity index (χ3n) is 5.38. The van der Waals surface area contributed by atoms with E-state index in [-0.39, 0.29) is 6.61 Å². The molecule has 1 aliphatic heterocycles. The van der Waals surface area contributed by atoms with Crippen molar-refractivity contribution >= 4 is 29.1 Å². The molecule has 0 radical (unpaired) electrons. The Morgan fingerprint density at radius 1 is 0.943 bits per heavy atom. The Labute approximate surface area is 207 Å². The van der Waals surface area contributed by atoms with Crippen molar-refractivity contribution in [1.29, 1.82) is 0 Å². The normalized spacial score (nSPS) is 14.5. The van der Waals surface area contributed by atoms with Crippen molar-refractivity contribution in [2.24, 2.45) is 0 Å². The molecule has 1 heterocycles. The number of hydrogen-bond acceptors (Lipinski definition) is 7. The smallest absolute Gasteiger partial charge is 0.276 e. The number of carbonyl (C=O) groups excluding carboxylic acids is 2. The van der Waals surface area contributed by atoms with Gasteiger partial charge in [-0.15, -0.1) is 0 Å². The lowest BCUT2D eigenvalue weighted by Gasteiger charge is -2.38. The Hall–Kier alpha value is -4.11. The van der Waals surface area contributed by atoms with Crippen LogP contribution in [-0.4, -0.2) is 44.8 Å². The van der Waals surface area contributed by atoms with Crippen molar-refractivity contribution in [2.75, 3.05) is 33.3 Å². The maximum Gasteiger partial charge on any atom is 0.276 e. The molecule has 0 bridgehead atoms. The minimum atomic E-state index is -0.735. The molecule has 0 fully saturated rings. The number of hydrogen-bond donors (Lipinski definition) is 2. The van der Waals surface area contributed by atoms with E-state index in [1.165, 1.54) is 19.2 Å². The average Bonchev–Trinajstić information content (AvgIpc) is 2.89. The molecule has 3 aromatic rings. The van der Waals surface area contributed by atoms with E-state index in [0.29, 0.717) is 44.8 Å². The fraction of sp³-hybridized carbons (Fsp3) is 0.200. The first-order valence-corrected chi connectivity index (χ1v) is 11.0. The topological polar surface area (TPSA) is 98.4 Å². The number of amides is 2. The zero-order valence-electron chi connectivity index (χ0n) is 19.3. The summed E-state index contributed by atoms with van der Waals surface area (Å²) < 4.78 is 21.4. The van der Waals surface area contributed by atoms with Crippen LogP contribution in [0.1, 0.15) is 22.1 Å². The number of nitrogens with zero attached hydrogens (tertiary/aromatic N) is 1. The molecule has 3 aromatic carbocycles. The number of benzene rings is 3. The number of rotatable bonds is 8. The number of nitrogens with one attached hydrogen (secondary N) is 2. The van der Waals surface area contributed by atoms with Gasteiger partial charge in [0.05, 0.1) is 26.9 Å². The van der Waals surface area contributed by atoms with Crippen LogP contribution < -0.4 is 29.7 Å². The zero-order valence-corrected chi connectivity index (χ0v) is 20.1. The van der Waals surface area contributed by atoms with Gasteiger partial charge in [-0.2, -0.15) is 0 Å². The molecular formula is C25H24ClN3O6. The van der Waals surface area contributed by atoms with Crippen LogP contribution in [0.25, 0.3) is 0 Å². The molecule has 35 heavy (non-hydrogen) atoms. The first kappa shape index (κ1) is 24.0. The highest BCUT2D eigenvalue weighted by atomic mass is 35.5. The molecule has 4 rings (SSSR count). The summed E-state index contributed by atoms with van der Waals surface area (Å²) >= 11 is 6.12. The van der Waals surface area contributed by atoms with Crippen LogP contribution in [0.5, 0.6) is 23.0 Å². The molecule has 0 aromatic heterocycles. The molecule has 1 atom stereocenters. The van der Waals surface area contributed by atoms with Gasteiger partial charge in [0.15, 0.2) is 18.1 Å². The Balaban J connectivity index is 1.59. The van der Waals surface area contributed by atoms with E-state index in [1.54, 1.807) is 67.8 Å². The lowest BCUT2D eigenvalue weighted by Crippen LogP contribution is -2.53. The van der Waals surface area contributed by atoms with Gasteiger partial charge in [-0.1, -0.05) is 17.7 Å². The third-order valence-corrected chi connectivity index (χ3v) is 5.61. The molecule has 0 saturated carbocycles. The molecule has 9 nitrogen and oxygen atoms in total. The predicted octanol–water partition coefficient (Wildman–Crippen LogP) is 4.04. The average molecular weight is 498 g/mol. The van der Waals surface area contributed by atoms with Gasteiger partial charge < -0.3 is 24.3 Å². The van der Waals surface area contributed by atoms with Crippen LogP contribution in [-0.2, 0) is 4.79 Å². The largest absolute Gasteiger partial charge is 0.497 e. The predicted molar refractivity (Wildman–Crippen MR) is 130 cm³/mol. The number of hydrazine groups is 1. The van der Waals surface area contributed by atoms with Crippen molar-refractivity contribution in [3.8, 4) is 23.0 Å². The van der Waals surface area contributed by atoms with Crippen molar-refractivity contribution < 1.29 is 28.5 Å². The van der Waals surface area contributed by atoms with E-state index in [4.69, 9.17) is 30.5 Å². The van der Waals surface area contributed by atoms with Gasteiger partial charge in [-0.05, 0) is 54.6 Å². The molecule has 1 unspecified atom stereocenters. The van der Waals surface area contributed by atoms with Crippen LogP contribution >= 0.6 is 11.6 Å². The summed E-state index contributed by atoms with van der Waals surface area (Å²) in [5.41, 5.74) is 4.22. The SMILES string of the molecule is COc1ccc(OCC(=O)NN2C(=O)c3cc(Cl)ccc3NC2c2ccc(OC)c(OC)c2)cc1. The molecule has 0 aliphatic carbocycles. The van der Waals surface area contributed by atoms with Gasteiger partial charge in [0.25, 0.3) is 11.8 Å². The van der Waals surface area contributed by atoms with Crippen molar-refractivity contribution in [3.05, 3.63) is 76.8 Å². The number of carbonyl (C=O) groups is 2. The van der Waals surface area contributed by atoms with Crippen molar-refractivity contribution in [2.45, 2.75) is 6.17 Å². The monoisotopic (exact) mass is 497 g/mol. The number of methoxy groups -OCH3 is 3. The van der Waals surface area contributed by atoms with E-state index in [2.05, 4.69) is 10.7 Å². The molecule has 2 amide bonds. The summed E-state index contributed by atoms with van der Waals surface area (Å²) in [6, 6.07) is 17.0. The number of ether oxygens (including phenoxy) is 4. The van der Waals surface area contributed by atoms with Crippen molar-refractivity contribution in [1.82, 2.24) is 10.4 Å². The zero-order chi connectivity index (χ0) is 24.9. The first-order valence-electron chi connectivity index (χ1n) is 10.6. The highest BCUT2D eigenvalue weighted by molar-refractivity contribution is 6.31. The van der Waals surface area contributed by atoms with Crippen LogP contribution in [0, 0.1) is 0 Å². The Morgan fingerprint density at radius 3 is 2.34 bits per heavy atom. The van der Waals surface area contributed by atoms with E-state index in [9.17, 15) is 9.59 Å². The molecule has 182 valence electrons. The Kier molecular flexibility index (Phi) is 7.17. The second-order valence-electron chi connectivity index (χ2n) is 7.53. The molecular weight excluding hydrogens is 474 g/mol. The molecule has 0 spiro atoms. The lowest BCUT2D eigenvalue weighted by atomic mass is 10.0. The molecule has 1 aliphatic rings. The maximum absolute atomic E-state index is 13.4. The summed E-state index contributed by atoms with van der Waals surface area (Å²) in [7, 11) is 4.62. The van der Waals surface area contributed by atoms with Crippen molar-refractivity contribution in [3.63, 3.8) is 0 Å². The van der Waals surface area contributed by atoms with Crippen LogP contribution in [0.4, 0.5) is 5.69 Å². The van der Waals surface area contributed by atoms with E-state index >= 15 is 0 Å². The highest BCUT2D eigenvalue weighted by Crippen LogP contribution is 2.36. The standard InChI is InChI=1S/C25H24ClN3O6/c1-32-17-6-8-18(9-7-17)35-14-23(30)28-29-24(15-4-11-21(33-2)22(12-15)34-3)27-20-10-5-16(26)13-19(20)25(29)31/h4-13,24,27H,14H2,1-3H3,(H,28,30). The summed E-state index contributed by atoms with van der Waals surface area (Å²) in [5.74, 6) is 1.22. The fourth-order valence-electron chi connectivity index (χ4n) is 3.64. The van der Waals surface area contributed by atoms with E-state index < -0.39 is 18.0 Å². The van der Waals surface area contributed by atoms with E-state index in [1.807, 2.05) is 0 Å². The summed E-state index contributed by atoms with van der Waals surface area (Å²) in [5, 5.41) is 4.89. The van der Waals surface area contributed by atoms with Gasteiger partial charge in [0, 0.05) is 16.3 Å². The fourth-order valence-corrected chi connectivity index (χ4v) is 3.81.